The summed E-state index contributed by atoms with van der Waals surface area (Å²) in [4.78, 5) is 36.6. The zero-order valence-electron chi connectivity index (χ0n) is 22.1. The van der Waals surface area contributed by atoms with Crippen molar-refractivity contribution < 1.29 is 14.3 Å². The molecule has 3 aliphatic rings. The number of likely N-dealkylation sites (tertiary alicyclic amines) is 1. The molecule has 8 nitrogen and oxygen atoms in total. The van der Waals surface area contributed by atoms with Crippen molar-refractivity contribution in [3.63, 3.8) is 0 Å². The molecule has 2 aliphatic heterocycles. The van der Waals surface area contributed by atoms with Crippen LogP contribution in [0.5, 0.6) is 5.75 Å². The van der Waals surface area contributed by atoms with E-state index in [1.165, 1.54) is 49.0 Å². The number of nitrogens with one attached hydrogen (secondary N) is 1. The number of piperazine rings is 1. The maximum absolute atomic E-state index is 13.0. The van der Waals surface area contributed by atoms with Gasteiger partial charge < -0.3 is 14.5 Å². The molecule has 1 atom stereocenters. The van der Waals surface area contributed by atoms with E-state index in [0.717, 1.165) is 42.8 Å². The van der Waals surface area contributed by atoms with E-state index in [-0.39, 0.29) is 18.0 Å². The van der Waals surface area contributed by atoms with Crippen molar-refractivity contribution in [3.8, 4) is 17.0 Å². The second kappa shape index (κ2) is 11.8. The molecule has 1 aromatic heterocycles. The maximum atomic E-state index is 13.0. The number of hydrogen-bond acceptors (Lipinski definition) is 6. The molecule has 0 radical (unpaired) electrons. The fourth-order valence-electron chi connectivity index (χ4n) is 5.97. The predicted octanol–water partition coefficient (Wildman–Crippen LogP) is 5.03. The number of benzene rings is 1. The SMILES string of the molecule is COc1ccc(C2CCCCC2)cc1-c1csc(NC(=O)N2CCN(C(=O)C3CCCCN3C)CC2)n1. The summed E-state index contributed by atoms with van der Waals surface area (Å²) >= 11 is 1.43. The number of carbonyl (C=O) groups excluding carboxylic acids is 2. The lowest BCUT2D eigenvalue weighted by atomic mass is 9.83. The van der Waals surface area contributed by atoms with Gasteiger partial charge in [-0.2, -0.15) is 0 Å². The van der Waals surface area contributed by atoms with Gasteiger partial charge in [-0.1, -0.05) is 31.7 Å². The Morgan fingerprint density at radius 1 is 0.973 bits per heavy atom. The number of methoxy groups -OCH3 is 1. The molecular weight excluding hydrogens is 486 g/mol. The highest BCUT2D eigenvalue weighted by Crippen LogP contribution is 2.38. The highest BCUT2D eigenvalue weighted by Gasteiger charge is 2.32. The zero-order valence-corrected chi connectivity index (χ0v) is 22.9. The van der Waals surface area contributed by atoms with Gasteiger partial charge in [-0.05, 0) is 62.9 Å². The number of ether oxygens (including phenoxy) is 1. The highest BCUT2D eigenvalue weighted by atomic mass is 32.1. The predicted molar refractivity (Wildman–Crippen MR) is 147 cm³/mol. The van der Waals surface area contributed by atoms with Gasteiger partial charge >= 0.3 is 6.03 Å². The molecule has 2 aromatic rings. The Morgan fingerprint density at radius 2 is 1.70 bits per heavy atom. The lowest BCUT2D eigenvalue weighted by molar-refractivity contribution is -0.139. The molecule has 1 N–H and O–H groups in total. The Kier molecular flexibility index (Phi) is 8.30. The molecule has 1 unspecified atom stereocenters. The van der Waals surface area contributed by atoms with Crippen LogP contribution >= 0.6 is 11.3 Å². The summed E-state index contributed by atoms with van der Waals surface area (Å²) in [7, 11) is 3.72. The van der Waals surface area contributed by atoms with E-state index in [9.17, 15) is 9.59 Å². The number of urea groups is 1. The number of amides is 3. The normalized spacial score (nSPS) is 21.6. The highest BCUT2D eigenvalue weighted by molar-refractivity contribution is 7.14. The Balaban J connectivity index is 1.19. The number of aromatic nitrogens is 1. The monoisotopic (exact) mass is 525 g/mol. The molecule has 1 saturated carbocycles. The van der Waals surface area contributed by atoms with Gasteiger partial charge in [0.05, 0.1) is 18.8 Å². The molecule has 3 fully saturated rings. The average molecular weight is 526 g/mol. The first-order valence-corrected chi connectivity index (χ1v) is 14.6. The lowest BCUT2D eigenvalue weighted by Crippen LogP contribution is -2.56. The van der Waals surface area contributed by atoms with Crippen molar-refractivity contribution in [2.45, 2.75) is 63.3 Å². The molecule has 3 heterocycles. The van der Waals surface area contributed by atoms with Gasteiger partial charge in [-0.3, -0.25) is 15.0 Å². The fourth-order valence-corrected chi connectivity index (χ4v) is 6.67. The molecule has 0 spiro atoms. The molecule has 37 heavy (non-hydrogen) atoms. The third kappa shape index (κ3) is 5.93. The lowest BCUT2D eigenvalue weighted by Gasteiger charge is -2.39. The van der Waals surface area contributed by atoms with Gasteiger partial charge in [0, 0.05) is 37.1 Å². The number of anilines is 1. The summed E-state index contributed by atoms with van der Waals surface area (Å²) in [5.41, 5.74) is 3.14. The molecule has 2 saturated heterocycles. The van der Waals surface area contributed by atoms with Crippen LogP contribution < -0.4 is 10.1 Å². The van der Waals surface area contributed by atoms with Gasteiger partial charge in [0.25, 0.3) is 0 Å². The molecule has 200 valence electrons. The Hall–Kier alpha value is -2.65. The fraction of sp³-hybridized carbons (Fsp3) is 0.607. The number of piperidine rings is 1. The van der Waals surface area contributed by atoms with E-state index in [0.29, 0.717) is 37.2 Å². The van der Waals surface area contributed by atoms with Crippen molar-refractivity contribution in [2.75, 3.05) is 52.2 Å². The average Bonchev–Trinajstić information content (AvgIpc) is 3.41. The van der Waals surface area contributed by atoms with Crippen LogP contribution in [0.15, 0.2) is 23.6 Å². The van der Waals surface area contributed by atoms with Crippen molar-refractivity contribution in [1.82, 2.24) is 19.7 Å². The largest absolute Gasteiger partial charge is 0.496 e. The minimum atomic E-state index is -0.161. The molecular formula is C28H39N5O3S. The minimum absolute atomic E-state index is 0.0172. The van der Waals surface area contributed by atoms with Crippen LogP contribution in [0, 0.1) is 0 Å². The number of thiazole rings is 1. The topological polar surface area (TPSA) is 78.0 Å². The van der Waals surface area contributed by atoms with Gasteiger partial charge in [0.1, 0.15) is 5.75 Å². The molecule has 9 heteroatoms. The molecule has 0 bridgehead atoms. The quantitative estimate of drug-likeness (QED) is 0.593. The third-order valence-corrected chi connectivity index (χ3v) is 8.99. The summed E-state index contributed by atoms with van der Waals surface area (Å²) in [6.45, 7) is 3.19. The van der Waals surface area contributed by atoms with Crippen LogP contribution in [0.4, 0.5) is 9.93 Å². The van der Waals surface area contributed by atoms with Gasteiger partial charge in [-0.25, -0.2) is 9.78 Å². The van der Waals surface area contributed by atoms with Crippen LogP contribution in [0.1, 0.15) is 62.8 Å². The maximum Gasteiger partial charge on any atom is 0.323 e. The molecule has 5 rings (SSSR count). The van der Waals surface area contributed by atoms with Crippen molar-refractivity contribution in [1.29, 1.82) is 0 Å². The summed E-state index contributed by atoms with van der Waals surface area (Å²) in [5, 5.41) is 5.53. The standard InChI is InChI=1S/C28H39N5O3S/c1-31-13-7-6-10-24(31)26(34)32-14-16-33(17-15-32)28(35)30-27-29-23(19-37-27)22-18-21(11-12-25(22)36-2)20-8-4-3-5-9-20/h11-12,18-20,24H,3-10,13-17H2,1-2H3,(H,29,30,35). The van der Waals surface area contributed by atoms with Crippen LogP contribution in [0.25, 0.3) is 11.3 Å². The van der Waals surface area contributed by atoms with Crippen LogP contribution in [-0.2, 0) is 4.79 Å². The van der Waals surface area contributed by atoms with Gasteiger partial charge in [0.15, 0.2) is 5.13 Å². The van der Waals surface area contributed by atoms with E-state index in [4.69, 9.17) is 9.72 Å². The number of nitrogens with zero attached hydrogens (tertiary/aromatic N) is 4. The number of hydrogen-bond donors (Lipinski definition) is 1. The Bertz CT molecular complexity index is 1090. The smallest absolute Gasteiger partial charge is 0.323 e. The van der Waals surface area contributed by atoms with Gasteiger partial charge in [-0.15, -0.1) is 11.3 Å². The minimum Gasteiger partial charge on any atom is -0.496 e. The Labute approximate surface area is 224 Å². The Morgan fingerprint density at radius 3 is 2.43 bits per heavy atom. The summed E-state index contributed by atoms with van der Waals surface area (Å²) in [6, 6.07) is 6.27. The van der Waals surface area contributed by atoms with Crippen molar-refractivity contribution >= 4 is 28.4 Å². The van der Waals surface area contributed by atoms with Crippen LogP contribution in [0.3, 0.4) is 0 Å². The van der Waals surface area contributed by atoms with Crippen LogP contribution in [-0.4, -0.2) is 84.5 Å². The van der Waals surface area contributed by atoms with E-state index < -0.39 is 0 Å². The third-order valence-electron chi connectivity index (χ3n) is 8.23. The van der Waals surface area contributed by atoms with Crippen molar-refractivity contribution in [2.24, 2.45) is 0 Å². The first-order chi connectivity index (χ1) is 18.0. The summed E-state index contributed by atoms with van der Waals surface area (Å²) < 4.78 is 5.64. The van der Waals surface area contributed by atoms with E-state index >= 15 is 0 Å². The van der Waals surface area contributed by atoms with E-state index in [2.05, 4.69) is 22.3 Å². The first kappa shape index (κ1) is 26.0. The second-order valence-electron chi connectivity index (χ2n) is 10.6. The van der Waals surface area contributed by atoms with Crippen molar-refractivity contribution in [3.05, 3.63) is 29.1 Å². The number of likely N-dealkylation sites (N-methyl/N-ethyl adjacent to an activating group) is 1. The summed E-state index contributed by atoms with van der Waals surface area (Å²) in [6.07, 6.45) is 9.58. The van der Waals surface area contributed by atoms with E-state index in [1.807, 2.05) is 23.4 Å². The first-order valence-electron chi connectivity index (χ1n) is 13.7. The second-order valence-corrected chi connectivity index (χ2v) is 11.4. The molecule has 1 aromatic carbocycles. The number of carbonyl (C=O) groups is 2. The van der Waals surface area contributed by atoms with Crippen LogP contribution in [0.2, 0.25) is 0 Å². The summed E-state index contributed by atoms with van der Waals surface area (Å²) in [5.74, 6) is 1.60. The molecule has 1 aliphatic carbocycles. The zero-order chi connectivity index (χ0) is 25.8. The van der Waals surface area contributed by atoms with Gasteiger partial charge in [0.2, 0.25) is 5.91 Å². The number of rotatable bonds is 5. The van der Waals surface area contributed by atoms with E-state index in [1.54, 1.807) is 12.0 Å². The molecule has 3 amide bonds.